The third-order valence-corrected chi connectivity index (χ3v) is 1.77. The first-order valence-corrected chi connectivity index (χ1v) is 4.42. The number of hydrogen-bond donors (Lipinski definition) is 2. The van der Waals surface area contributed by atoms with Crippen molar-refractivity contribution < 1.29 is 14.8 Å². The monoisotopic (exact) mass is 212 g/mol. The van der Waals surface area contributed by atoms with Crippen molar-refractivity contribution in [2.24, 2.45) is 0 Å². The summed E-state index contributed by atoms with van der Waals surface area (Å²) in [5, 5.41) is 19.0. The number of benzene rings is 1. The van der Waals surface area contributed by atoms with Crippen molar-refractivity contribution >= 4 is 11.4 Å². The number of aliphatic hydroxyl groups is 1. The van der Waals surface area contributed by atoms with Crippen LogP contribution in [0.15, 0.2) is 18.2 Å². The summed E-state index contributed by atoms with van der Waals surface area (Å²) in [6.45, 7) is 0.399. The van der Waals surface area contributed by atoms with Crippen LogP contribution in [-0.4, -0.2) is 23.2 Å². The summed E-state index contributed by atoms with van der Waals surface area (Å²) < 4.78 is 5.20. The maximum absolute atomic E-state index is 10.4. The van der Waals surface area contributed by atoms with Gasteiger partial charge in [0.25, 0.3) is 5.69 Å². The lowest BCUT2D eigenvalue weighted by atomic mass is 10.2. The van der Waals surface area contributed by atoms with E-state index in [9.17, 15) is 10.1 Å². The topological polar surface area (TPSA) is 98.6 Å². The number of nitro groups is 1. The molecular formula is C9H12N2O4. The number of rotatable bonds is 5. The van der Waals surface area contributed by atoms with E-state index >= 15 is 0 Å². The van der Waals surface area contributed by atoms with Crippen LogP contribution in [0.1, 0.15) is 6.42 Å². The molecule has 1 rings (SSSR count). The Labute approximate surface area is 86.4 Å². The Balaban J connectivity index is 2.69. The minimum absolute atomic E-state index is 0.0441. The molecule has 0 spiro atoms. The zero-order valence-corrected chi connectivity index (χ0v) is 8.05. The molecule has 0 unspecified atom stereocenters. The Kier molecular flexibility index (Phi) is 3.87. The van der Waals surface area contributed by atoms with Crippen LogP contribution in [0.5, 0.6) is 5.75 Å². The first kappa shape index (κ1) is 11.3. The summed E-state index contributed by atoms with van der Waals surface area (Å²) in [6, 6.07) is 4.17. The van der Waals surface area contributed by atoms with Gasteiger partial charge < -0.3 is 15.6 Å². The molecule has 0 bridgehead atoms. The van der Waals surface area contributed by atoms with E-state index in [0.717, 1.165) is 0 Å². The molecule has 6 heteroatoms. The van der Waals surface area contributed by atoms with E-state index in [4.69, 9.17) is 15.6 Å². The van der Waals surface area contributed by atoms with E-state index in [0.29, 0.717) is 18.8 Å². The molecule has 0 fully saturated rings. The Bertz CT molecular complexity index is 354. The molecule has 3 N–H and O–H groups in total. The largest absolute Gasteiger partial charge is 0.493 e. The second-order valence-corrected chi connectivity index (χ2v) is 2.90. The van der Waals surface area contributed by atoms with Crippen molar-refractivity contribution in [3.8, 4) is 5.75 Å². The molecule has 1 aromatic carbocycles. The van der Waals surface area contributed by atoms with E-state index in [-0.39, 0.29) is 18.0 Å². The van der Waals surface area contributed by atoms with Gasteiger partial charge in [0, 0.05) is 25.2 Å². The van der Waals surface area contributed by atoms with Gasteiger partial charge in [-0.05, 0) is 6.07 Å². The highest BCUT2D eigenvalue weighted by molar-refractivity contribution is 5.60. The van der Waals surface area contributed by atoms with Crippen molar-refractivity contribution in [2.75, 3.05) is 18.9 Å². The number of nitrogen functional groups attached to an aromatic ring is 1. The summed E-state index contributed by atoms with van der Waals surface area (Å²) in [7, 11) is 0. The quantitative estimate of drug-likeness (QED) is 0.327. The van der Waals surface area contributed by atoms with Crippen LogP contribution in [0.25, 0.3) is 0 Å². The fourth-order valence-corrected chi connectivity index (χ4v) is 1.04. The predicted molar refractivity (Wildman–Crippen MR) is 54.7 cm³/mol. The molecule has 82 valence electrons. The highest BCUT2D eigenvalue weighted by atomic mass is 16.6. The molecule has 0 aliphatic rings. The van der Waals surface area contributed by atoms with E-state index in [2.05, 4.69) is 0 Å². The molecule has 0 aromatic heterocycles. The lowest BCUT2D eigenvalue weighted by Gasteiger charge is -2.05. The number of nitrogens with zero attached hydrogens (tertiary/aromatic N) is 1. The van der Waals surface area contributed by atoms with E-state index < -0.39 is 4.92 Å². The lowest BCUT2D eigenvalue weighted by molar-refractivity contribution is -0.383. The molecule has 0 aliphatic carbocycles. The summed E-state index contributed by atoms with van der Waals surface area (Å²) in [4.78, 5) is 9.90. The van der Waals surface area contributed by atoms with Crippen LogP contribution in [0.4, 0.5) is 11.4 Å². The van der Waals surface area contributed by atoms with Crippen molar-refractivity contribution in [2.45, 2.75) is 6.42 Å². The number of anilines is 1. The Morgan fingerprint density at radius 3 is 2.80 bits per heavy atom. The number of nitrogens with two attached hydrogens (primary N) is 1. The van der Waals surface area contributed by atoms with E-state index in [1.54, 1.807) is 0 Å². The van der Waals surface area contributed by atoms with Gasteiger partial charge in [0.15, 0.2) is 0 Å². The molecule has 0 radical (unpaired) electrons. The average molecular weight is 212 g/mol. The van der Waals surface area contributed by atoms with Gasteiger partial charge in [-0.3, -0.25) is 10.1 Å². The first-order valence-electron chi connectivity index (χ1n) is 4.42. The molecule has 0 atom stereocenters. The van der Waals surface area contributed by atoms with Crippen molar-refractivity contribution in [1.29, 1.82) is 0 Å². The van der Waals surface area contributed by atoms with Gasteiger partial charge >= 0.3 is 0 Å². The minimum atomic E-state index is -0.549. The lowest BCUT2D eigenvalue weighted by Crippen LogP contribution is -2.01. The van der Waals surface area contributed by atoms with E-state index in [1.165, 1.54) is 18.2 Å². The average Bonchev–Trinajstić information content (AvgIpc) is 2.17. The normalized spacial score (nSPS) is 9.93. The molecule has 15 heavy (non-hydrogen) atoms. The molecule has 1 aromatic rings. The smallest absolute Gasteiger partial charge is 0.292 e. The van der Waals surface area contributed by atoms with Gasteiger partial charge in [-0.25, -0.2) is 0 Å². The number of ether oxygens (including phenoxy) is 1. The minimum Gasteiger partial charge on any atom is -0.493 e. The van der Waals surface area contributed by atoms with Crippen LogP contribution in [-0.2, 0) is 0 Å². The highest BCUT2D eigenvalue weighted by Gasteiger charge is 2.11. The second kappa shape index (κ2) is 5.16. The zero-order chi connectivity index (χ0) is 11.3. The molecule has 6 nitrogen and oxygen atoms in total. The van der Waals surface area contributed by atoms with Gasteiger partial charge in [-0.2, -0.15) is 0 Å². The van der Waals surface area contributed by atoms with Crippen LogP contribution in [0.3, 0.4) is 0 Å². The molecular weight excluding hydrogens is 200 g/mol. The SMILES string of the molecule is Nc1cc(OCCCO)ccc1[N+](=O)[O-]. The Morgan fingerprint density at radius 2 is 2.27 bits per heavy atom. The number of hydrogen-bond acceptors (Lipinski definition) is 5. The zero-order valence-electron chi connectivity index (χ0n) is 8.05. The summed E-state index contributed by atoms with van der Waals surface area (Å²) in [5.41, 5.74) is 5.39. The summed E-state index contributed by atoms with van der Waals surface area (Å²) in [6.07, 6.45) is 0.511. The first-order chi connectivity index (χ1) is 7.15. The molecule has 0 amide bonds. The van der Waals surface area contributed by atoms with E-state index in [1.807, 2.05) is 0 Å². The Hall–Kier alpha value is -1.82. The highest BCUT2D eigenvalue weighted by Crippen LogP contribution is 2.25. The standard InChI is InChI=1S/C9H12N2O4/c10-8-6-7(15-5-1-4-12)2-3-9(8)11(13)14/h2-3,6,12H,1,4-5,10H2. The van der Waals surface area contributed by atoms with Gasteiger partial charge in [-0.15, -0.1) is 0 Å². The van der Waals surface area contributed by atoms with Crippen molar-refractivity contribution in [1.82, 2.24) is 0 Å². The van der Waals surface area contributed by atoms with Crippen LogP contribution < -0.4 is 10.5 Å². The number of nitro benzene ring substituents is 1. The van der Waals surface area contributed by atoms with Gasteiger partial charge in [0.05, 0.1) is 11.5 Å². The van der Waals surface area contributed by atoms with Crippen LogP contribution in [0, 0.1) is 10.1 Å². The fourth-order valence-electron chi connectivity index (χ4n) is 1.04. The molecule has 0 heterocycles. The van der Waals surface area contributed by atoms with Crippen LogP contribution >= 0.6 is 0 Å². The third-order valence-electron chi connectivity index (χ3n) is 1.77. The van der Waals surface area contributed by atoms with Gasteiger partial charge in [0.2, 0.25) is 0 Å². The third kappa shape index (κ3) is 3.10. The van der Waals surface area contributed by atoms with Crippen molar-refractivity contribution in [3.05, 3.63) is 28.3 Å². The molecule has 0 aliphatic heterocycles. The summed E-state index contributed by atoms with van der Waals surface area (Å²) in [5.74, 6) is 0.464. The maximum Gasteiger partial charge on any atom is 0.292 e. The molecule has 0 saturated heterocycles. The Morgan fingerprint density at radius 1 is 1.53 bits per heavy atom. The van der Waals surface area contributed by atoms with Gasteiger partial charge in [-0.1, -0.05) is 0 Å². The van der Waals surface area contributed by atoms with Crippen molar-refractivity contribution in [3.63, 3.8) is 0 Å². The predicted octanol–water partition coefficient (Wildman–Crippen LogP) is 0.938. The molecule has 0 saturated carbocycles. The number of aliphatic hydroxyl groups excluding tert-OH is 1. The van der Waals surface area contributed by atoms with Gasteiger partial charge in [0.1, 0.15) is 11.4 Å². The summed E-state index contributed by atoms with van der Waals surface area (Å²) >= 11 is 0. The van der Waals surface area contributed by atoms with Crippen LogP contribution in [0.2, 0.25) is 0 Å². The maximum atomic E-state index is 10.4. The second-order valence-electron chi connectivity index (χ2n) is 2.90. The fraction of sp³-hybridized carbons (Fsp3) is 0.333.